The van der Waals surface area contributed by atoms with Gasteiger partial charge in [-0.3, -0.25) is 0 Å². The van der Waals surface area contributed by atoms with Crippen LogP contribution in [0.4, 0.5) is 0 Å². The minimum atomic E-state index is 1.08. The molecule has 0 aliphatic carbocycles. The lowest BCUT2D eigenvalue weighted by atomic mass is 10.1. The first kappa shape index (κ1) is 9.78. The molecule has 64 valence electrons. The third-order valence-electron chi connectivity index (χ3n) is 1.87. The minimum Gasteiger partial charge on any atom is -0.0985 e. The molecule has 0 spiro atoms. The highest BCUT2D eigenvalue weighted by Gasteiger charge is 1.95. The summed E-state index contributed by atoms with van der Waals surface area (Å²) in [5.41, 5.74) is 4.03. The van der Waals surface area contributed by atoms with Crippen LogP contribution in [0.2, 0.25) is 0 Å². The fourth-order valence-corrected chi connectivity index (χ4v) is 1.63. The van der Waals surface area contributed by atoms with Crippen LogP contribution >= 0.6 is 22.6 Å². The maximum Gasteiger partial charge on any atom is 0.0247 e. The summed E-state index contributed by atoms with van der Waals surface area (Å²) in [6, 6.07) is 6.65. The molecule has 1 heteroatoms. The van der Waals surface area contributed by atoms with Crippen molar-refractivity contribution in [2.45, 2.75) is 17.8 Å². The molecule has 1 aromatic rings. The van der Waals surface area contributed by atoms with E-state index in [1.54, 1.807) is 0 Å². The van der Waals surface area contributed by atoms with Crippen LogP contribution in [0.15, 0.2) is 24.8 Å². The van der Waals surface area contributed by atoms with Gasteiger partial charge in [-0.2, -0.15) is 0 Å². The van der Waals surface area contributed by atoms with E-state index in [9.17, 15) is 0 Å². The van der Waals surface area contributed by atoms with Crippen LogP contribution in [0.25, 0.3) is 6.08 Å². The first-order valence-corrected chi connectivity index (χ1v) is 5.64. The highest BCUT2D eigenvalue weighted by Crippen LogP contribution is 2.14. The van der Waals surface area contributed by atoms with Crippen molar-refractivity contribution in [1.29, 1.82) is 0 Å². The molecule has 0 saturated carbocycles. The van der Waals surface area contributed by atoms with Crippen LogP contribution in [-0.4, -0.2) is 0 Å². The third kappa shape index (κ3) is 2.34. The van der Waals surface area contributed by atoms with E-state index in [0.717, 1.165) is 10.8 Å². The van der Waals surface area contributed by atoms with Crippen molar-refractivity contribution in [2.24, 2.45) is 0 Å². The summed E-state index contributed by atoms with van der Waals surface area (Å²) in [5, 5.41) is 0. The van der Waals surface area contributed by atoms with Gasteiger partial charge in [-0.25, -0.2) is 0 Å². The minimum absolute atomic E-state index is 1.08. The Morgan fingerprint density at radius 1 is 1.33 bits per heavy atom. The predicted octanol–water partition coefficient (Wildman–Crippen LogP) is 3.83. The molecule has 0 radical (unpaired) electrons. The quantitative estimate of drug-likeness (QED) is 0.579. The van der Waals surface area contributed by atoms with Gasteiger partial charge in [0, 0.05) is 4.43 Å². The summed E-state index contributed by atoms with van der Waals surface area (Å²) in [6.07, 6.45) is 3.01. The van der Waals surface area contributed by atoms with E-state index in [4.69, 9.17) is 0 Å². The molecule has 0 N–H and O–H groups in total. The van der Waals surface area contributed by atoms with Gasteiger partial charge in [0.1, 0.15) is 0 Å². The van der Waals surface area contributed by atoms with Crippen molar-refractivity contribution in [2.75, 3.05) is 0 Å². The Kier molecular flexibility index (Phi) is 3.79. The topological polar surface area (TPSA) is 0 Å². The molecule has 0 bridgehead atoms. The summed E-state index contributed by atoms with van der Waals surface area (Å²) < 4.78 is 1.08. The van der Waals surface area contributed by atoms with Crippen molar-refractivity contribution >= 4 is 28.7 Å². The molecular formula is C11H13I. The van der Waals surface area contributed by atoms with Gasteiger partial charge < -0.3 is 0 Å². The average molecular weight is 272 g/mol. The largest absolute Gasteiger partial charge is 0.0985 e. The molecule has 0 unspecified atom stereocenters. The first-order chi connectivity index (χ1) is 5.80. The van der Waals surface area contributed by atoms with Crippen LogP contribution in [-0.2, 0) is 10.8 Å². The Morgan fingerprint density at radius 2 is 2.00 bits per heavy atom. The van der Waals surface area contributed by atoms with Crippen LogP contribution in [0, 0.1) is 0 Å². The van der Waals surface area contributed by atoms with Crippen LogP contribution in [0.5, 0.6) is 0 Å². The van der Waals surface area contributed by atoms with Crippen molar-refractivity contribution in [3.63, 3.8) is 0 Å². The van der Waals surface area contributed by atoms with Gasteiger partial charge in [-0.05, 0) is 23.1 Å². The van der Waals surface area contributed by atoms with Gasteiger partial charge in [-0.15, -0.1) is 0 Å². The van der Waals surface area contributed by atoms with E-state index < -0.39 is 0 Å². The molecule has 0 aliphatic heterocycles. The molecule has 0 amide bonds. The van der Waals surface area contributed by atoms with Crippen molar-refractivity contribution < 1.29 is 0 Å². The predicted molar refractivity (Wildman–Crippen MR) is 63.6 cm³/mol. The van der Waals surface area contributed by atoms with Crippen LogP contribution in [0.1, 0.15) is 23.6 Å². The van der Waals surface area contributed by atoms with Gasteiger partial charge in [0.05, 0.1) is 0 Å². The Balaban J connectivity index is 3.09. The van der Waals surface area contributed by atoms with E-state index >= 15 is 0 Å². The standard InChI is InChI=1S/C11H13I/c1-3-9-5-10(4-2)7-11(6-9)8-12/h3,5-7H,1,4,8H2,2H3. The molecule has 0 nitrogen and oxygen atoms in total. The number of hydrogen-bond acceptors (Lipinski definition) is 0. The van der Waals surface area contributed by atoms with Gasteiger partial charge in [0.25, 0.3) is 0 Å². The number of aryl methyl sites for hydroxylation is 1. The highest BCUT2D eigenvalue weighted by atomic mass is 127. The zero-order chi connectivity index (χ0) is 8.97. The lowest BCUT2D eigenvalue weighted by molar-refractivity contribution is 1.13. The summed E-state index contributed by atoms with van der Waals surface area (Å²) in [6.45, 7) is 5.96. The second kappa shape index (κ2) is 4.65. The first-order valence-electron chi connectivity index (χ1n) is 4.11. The lowest BCUT2D eigenvalue weighted by Crippen LogP contribution is -1.86. The molecule has 1 aromatic carbocycles. The number of rotatable bonds is 3. The van der Waals surface area contributed by atoms with Gasteiger partial charge in [0.15, 0.2) is 0 Å². The molecular weight excluding hydrogens is 259 g/mol. The van der Waals surface area contributed by atoms with E-state index in [1.807, 2.05) is 6.08 Å². The molecule has 0 saturated heterocycles. The van der Waals surface area contributed by atoms with Crippen LogP contribution < -0.4 is 0 Å². The normalized spacial score (nSPS) is 9.83. The number of hydrogen-bond donors (Lipinski definition) is 0. The zero-order valence-corrected chi connectivity index (χ0v) is 9.47. The second-order valence-electron chi connectivity index (χ2n) is 2.77. The monoisotopic (exact) mass is 272 g/mol. The zero-order valence-electron chi connectivity index (χ0n) is 7.31. The van der Waals surface area contributed by atoms with Crippen molar-refractivity contribution in [3.05, 3.63) is 41.5 Å². The van der Waals surface area contributed by atoms with E-state index in [1.165, 1.54) is 16.7 Å². The fourth-order valence-electron chi connectivity index (χ4n) is 1.19. The maximum absolute atomic E-state index is 3.78. The summed E-state index contributed by atoms with van der Waals surface area (Å²) >= 11 is 2.39. The smallest absolute Gasteiger partial charge is 0.0247 e. The molecule has 0 aromatic heterocycles. The lowest BCUT2D eigenvalue weighted by Gasteiger charge is -2.03. The average Bonchev–Trinajstić information content (AvgIpc) is 2.16. The van der Waals surface area contributed by atoms with E-state index in [2.05, 4.69) is 54.3 Å². The molecule has 0 aliphatic rings. The maximum atomic E-state index is 3.78. The van der Waals surface area contributed by atoms with Gasteiger partial charge in [-0.1, -0.05) is 60.4 Å². The van der Waals surface area contributed by atoms with Gasteiger partial charge >= 0.3 is 0 Å². The molecule has 12 heavy (non-hydrogen) atoms. The molecule has 0 fully saturated rings. The fraction of sp³-hybridized carbons (Fsp3) is 0.273. The summed E-state index contributed by atoms with van der Waals surface area (Å²) in [5.74, 6) is 0. The Bertz CT molecular complexity index is 254. The summed E-state index contributed by atoms with van der Waals surface area (Å²) in [7, 11) is 0. The number of benzene rings is 1. The molecule has 0 heterocycles. The Labute approximate surface area is 87.8 Å². The van der Waals surface area contributed by atoms with Crippen LogP contribution in [0.3, 0.4) is 0 Å². The van der Waals surface area contributed by atoms with Crippen molar-refractivity contribution in [1.82, 2.24) is 0 Å². The second-order valence-corrected chi connectivity index (χ2v) is 3.54. The number of halogens is 1. The van der Waals surface area contributed by atoms with E-state index in [-0.39, 0.29) is 0 Å². The van der Waals surface area contributed by atoms with Crippen molar-refractivity contribution in [3.8, 4) is 0 Å². The Morgan fingerprint density at radius 3 is 2.50 bits per heavy atom. The third-order valence-corrected chi connectivity index (χ3v) is 2.75. The molecule has 0 atom stereocenters. The SMILES string of the molecule is C=Cc1cc(CC)cc(CI)c1. The summed E-state index contributed by atoms with van der Waals surface area (Å²) in [4.78, 5) is 0. The van der Waals surface area contributed by atoms with Gasteiger partial charge in [0.2, 0.25) is 0 Å². The van der Waals surface area contributed by atoms with E-state index in [0.29, 0.717) is 0 Å². The Hall–Kier alpha value is -0.310. The molecule has 1 rings (SSSR count). The number of alkyl halides is 1. The highest BCUT2D eigenvalue weighted by molar-refractivity contribution is 14.1.